The third-order valence-electron chi connectivity index (χ3n) is 4.67. The molecule has 0 saturated heterocycles. The second-order valence-corrected chi connectivity index (χ2v) is 6.23. The zero-order chi connectivity index (χ0) is 16.1. The molecule has 0 saturated carbocycles. The Morgan fingerprint density at radius 2 is 1.92 bits per heavy atom. The number of nitrogens with zero attached hydrogens (tertiary/aromatic N) is 2. The molecule has 2 N–H and O–H groups in total. The normalized spacial score (nSPS) is 15.6. The van der Waals surface area contributed by atoms with E-state index in [0.717, 1.165) is 28.0 Å². The van der Waals surface area contributed by atoms with Crippen LogP contribution < -0.4 is 5.32 Å². The summed E-state index contributed by atoms with van der Waals surface area (Å²) in [6.07, 6.45) is 3.68. The number of aromatic amines is 1. The summed E-state index contributed by atoms with van der Waals surface area (Å²) < 4.78 is 0. The van der Waals surface area contributed by atoms with E-state index in [-0.39, 0.29) is 6.04 Å². The van der Waals surface area contributed by atoms with Crippen molar-refractivity contribution in [3.8, 4) is 11.3 Å². The maximum atomic E-state index is 4.59. The van der Waals surface area contributed by atoms with Crippen LogP contribution in [0.1, 0.15) is 22.7 Å². The van der Waals surface area contributed by atoms with Crippen molar-refractivity contribution in [1.29, 1.82) is 0 Å². The summed E-state index contributed by atoms with van der Waals surface area (Å²) in [6.45, 7) is 2.12. The van der Waals surface area contributed by atoms with Gasteiger partial charge < -0.3 is 10.3 Å². The standard InChI is InChI=1S/C20H16N4/c1-12-5-4-6-13(9-12)18-15-10-21-20-17(15)19(22-11-23-20)14-7-2-3-8-16(14)24-18/h2-11,18,24H,1H3,(H,21,22,23). The van der Waals surface area contributed by atoms with Gasteiger partial charge in [0.25, 0.3) is 0 Å². The Morgan fingerprint density at radius 1 is 1.00 bits per heavy atom. The highest BCUT2D eigenvalue weighted by molar-refractivity contribution is 5.99. The van der Waals surface area contributed by atoms with E-state index in [0.29, 0.717) is 0 Å². The van der Waals surface area contributed by atoms with Crippen molar-refractivity contribution in [3.05, 3.63) is 77.7 Å². The van der Waals surface area contributed by atoms with Crippen molar-refractivity contribution in [1.82, 2.24) is 15.0 Å². The molecule has 0 aliphatic carbocycles. The number of nitrogens with one attached hydrogen (secondary N) is 2. The third-order valence-corrected chi connectivity index (χ3v) is 4.67. The molecule has 24 heavy (non-hydrogen) atoms. The first-order valence-corrected chi connectivity index (χ1v) is 8.06. The first-order chi connectivity index (χ1) is 11.8. The van der Waals surface area contributed by atoms with E-state index < -0.39 is 0 Å². The van der Waals surface area contributed by atoms with Crippen LogP contribution in [-0.4, -0.2) is 15.0 Å². The Morgan fingerprint density at radius 3 is 2.83 bits per heavy atom. The number of aryl methyl sites for hydroxylation is 1. The molecule has 0 bridgehead atoms. The van der Waals surface area contributed by atoms with E-state index in [4.69, 9.17) is 0 Å². The van der Waals surface area contributed by atoms with Crippen LogP contribution in [0.3, 0.4) is 0 Å². The lowest BCUT2D eigenvalue weighted by atomic mass is 9.97. The van der Waals surface area contributed by atoms with Gasteiger partial charge in [0.05, 0.1) is 17.1 Å². The van der Waals surface area contributed by atoms with Crippen LogP contribution in [-0.2, 0) is 0 Å². The van der Waals surface area contributed by atoms with Gasteiger partial charge in [0, 0.05) is 23.0 Å². The van der Waals surface area contributed by atoms with Crippen LogP contribution in [0.5, 0.6) is 0 Å². The summed E-state index contributed by atoms with van der Waals surface area (Å²) in [5.41, 5.74) is 7.75. The number of hydrogen-bond donors (Lipinski definition) is 2. The molecule has 1 unspecified atom stereocenters. The maximum Gasteiger partial charge on any atom is 0.141 e. The van der Waals surface area contributed by atoms with E-state index in [1.165, 1.54) is 16.7 Å². The number of rotatable bonds is 1. The second kappa shape index (κ2) is 4.93. The predicted octanol–water partition coefficient (Wildman–Crippen LogP) is 4.45. The highest BCUT2D eigenvalue weighted by Gasteiger charge is 2.26. The number of benzene rings is 2. The van der Waals surface area contributed by atoms with Crippen molar-refractivity contribution < 1.29 is 0 Å². The molecule has 5 rings (SSSR count). The van der Waals surface area contributed by atoms with Gasteiger partial charge in [0.1, 0.15) is 12.0 Å². The van der Waals surface area contributed by atoms with Gasteiger partial charge >= 0.3 is 0 Å². The first-order valence-electron chi connectivity index (χ1n) is 8.06. The fraction of sp³-hybridized carbons (Fsp3) is 0.100. The van der Waals surface area contributed by atoms with Gasteiger partial charge in [0.2, 0.25) is 0 Å². The predicted molar refractivity (Wildman–Crippen MR) is 96.0 cm³/mol. The lowest BCUT2D eigenvalue weighted by molar-refractivity contribution is 0.950. The molecule has 1 aliphatic rings. The van der Waals surface area contributed by atoms with Crippen LogP contribution >= 0.6 is 0 Å². The molecule has 4 heteroatoms. The third kappa shape index (κ3) is 1.86. The fourth-order valence-corrected chi connectivity index (χ4v) is 3.58. The lowest BCUT2D eigenvalue weighted by Crippen LogP contribution is -2.11. The molecule has 0 spiro atoms. The highest BCUT2D eigenvalue weighted by atomic mass is 15.0. The fourth-order valence-electron chi connectivity index (χ4n) is 3.58. The van der Waals surface area contributed by atoms with E-state index in [1.54, 1.807) is 6.33 Å². The zero-order valence-corrected chi connectivity index (χ0v) is 13.2. The average molecular weight is 312 g/mol. The molecule has 1 aliphatic heterocycles. The van der Waals surface area contributed by atoms with Crippen molar-refractivity contribution in [2.24, 2.45) is 0 Å². The topological polar surface area (TPSA) is 53.6 Å². The summed E-state index contributed by atoms with van der Waals surface area (Å²) in [6, 6.07) is 17.0. The van der Waals surface area contributed by atoms with Crippen molar-refractivity contribution in [2.75, 3.05) is 5.32 Å². The van der Waals surface area contributed by atoms with Gasteiger partial charge in [-0.05, 0) is 18.6 Å². The van der Waals surface area contributed by atoms with Crippen LogP contribution in [0.4, 0.5) is 5.69 Å². The van der Waals surface area contributed by atoms with Crippen LogP contribution in [0.2, 0.25) is 0 Å². The van der Waals surface area contributed by atoms with Crippen molar-refractivity contribution >= 4 is 16.7 Å². The molecule has 0 amide bonds. The monoisotopic (exact) mass is 312 g/mol. The van der Waals surface area contributed by atoms with Gasteiger partial charge in [-0.25, -0.2) is 9.97 Å². The van der Waals surface area contributed by atoms with Crippen molar-refractivity contribution in [3.63, 3.8) is 0 Å². The molecule has 2 aromatic carbocycles. The van der Waals surface area contributed by atoms with E-state index >= 15 is 0 Å². The number of H-pyrrole nitrogens is 1. The lowest BCUT2D eigenvalue weighted by Gasteiger charge is -2.19. The Kier molecular flexibility index (Phi) is 2.73. The first kappa shape index (κ1) is 13.3. The Balaban J connectivity index is 1.85. The van der Waals surface area contributed by atoms with Gasteiger partial charge in [-0.1, -0.05) is 48.0 Å². The summed E-state index contributed by atoms with van der Waals surface area (Å²) in [5.74, 6) is 0. The maximum absolute atomic E-state index is 4.59. The smallest absolute Gasteiger partial charge is 0.141 e. The molecular formula is C20H16N4. The zero-order valence-electron chi connectivity index (χ0n) is 13.2. The SMILES string of the molecule is Cc1cccc(C2Nc3ccccc3-c3ncnc4[nH]cc2c34)c1. The molecule has 4 nitrogen and oxygen atoms in total. The highest BCUT2D eigenvalue weighted by Crippen LogP contribution is 2.42. The van der Waals surface area contributed by atoms with Crippen LogP contribution in [0, 0.1) is 6.92 Å². The van der Waals surface area contributed by atoms with Gasteiger partial charge in [-0.15, -0.1) is 0 Å². The Bertz CT molecular complexity index is 1060. The Labute approximate surface area is 139 Å². The molecule has 3 heterocycles. The summed E-state index contributed by atoms with van der Waals surface area (Å²) in [7, 11) is 0. The molecule has 1 atom stereocenters. The van der Waals surface area contributed by atoms with Crippen molar-refractivity contribution in [2.45, 2.75) is 13.0 Å². The van der Waals surface area contributed by atoms with E-state index in [2.05, 4.69) is 75.9 Å². The quantitative estimate of drug-likeness (QED) is 0.546. The number of anilines is 1. The molecule has 116 valence electrons. The number of para-hydroxylation sites is 1. The number of hydrogen-bond acceptors (Lipinski definition) is 3. The molecular weight excluding hydrogens is 296 g/mol. The largest absolute Gasteiger partial charge is 0.374 e. The summed E-state index contributed by atoms with van der Waals surface area (Å²) >= 11 is 0. The van der Waals surface area contributed by atoms with Crippen LogP contribution in [0.25, 0.3) is 22.3 Å². The minimum absolute atomic E-state index is 0.0621. The summed E-state index contributed by atoms with van der Waals surface area (Å²) in [4.78, 5) is 12.3. The number of fused-ring (bicyclic) bond motifs is 2. The van der Waals surface area contributed by atoms with E-state index in [1.807, 2.05) is 6.07 Å². The minimum atomic E-state index is 0.0621. The molecule has 0 fully saturated rings. The summed E-state index contributed by atoms with van der Waals surface area (Å²) in [5, 5.41) is 4.81. The van der Waals surface area contributed by atoms with Crippen LogP contribution in [0.15, 0.2) is 61.1 Å². The van der Waals surface area contributed by atoms with Gasteiger partial charge in [-0.2, -0.15) is 0 Å². The molecule has 4 aromatic rings. The molecule has 0 radical (unpaired) electrons. The second-order valence-electron chi connectivity index (χ2n) is 6.23. The average Bonchev–Trinajstić information content (AvgIpc) is 2.97. The van der Waals surface area contributed by atoms with E-state index in [9.17, 15) is 0 Å². The van der Waals surface area contributed by atoms with Gasteiger partial charge in [-0.3, -0.25) is 0 Å². The van der Waals surface area contributed by atoms with Gasteiger partial charge in [0.15, 0.2) is 0 Å². The molecule has 2 aromatic heterocycles. The number of aromatic nitrogens is 3. The minimum Gasteiger partial charge on any atom is -0.374 e. The Hall–Kier alpha value is -3.14.